The highest BCUT2D eigenvalue weighted by molar-refractivity contribution is 6.31. The van der Waals surface area contributed by atoms with Gasteiger partial charge in [0.25, 0.3) is 0 Å². The molecule has 0 aromatic heterocycles. The van der Waals surface area contributed by atoms with Crippen molar-refractivity contribution in [3.63, 3.8) is 0 Å². The third-order valence-corrected chi connectivity index (χ3v) is 2.28. The number of hydrogen-bond donors (Lipinski definition) is 1. The van der Waals surface area contributed by atoms with Crippen LogP contribution in [0.15, 0.2) is 12.1 Å². The molecule has 2 nitrogen and oxygen atoms in total. The monoisotopic (exact) mass is 234 g/mol. The van der Waals surface area contributed by atoms with Crippen LogP contribution in [-0.4, -0.2) is 11.1 Å². The number of halogens is 3. The van der Waals surface area contributed by atoms with Gasteiger partial charge >= 0.3 is 5.97 Å². The highest BCUT2D eigenvalue weighted by Gasteiger charge is 2.08. The molecule has 1 rings (SSSR count). The van der Waals surface area contributed by atoms with E-state index in [9.17, 15) is 13.6 Å². The molecule has 0 spiro atoms. The Morgan fingerprint density at radius 1 is 1.33 bits per heavy atom. The summed E-state index contributed by atoms with van der Waals surface area (Å²) in [4.78, 5) is 10.2. The first-order valence-electron chi connectivity index (χ1n) is 4.36. The van der Waals surface area contributed by atoms with E-state index in [2.05, 4.69) is 0 Å². The normalized spacial score (nSPS) is 10.3. The maximum absolute atomic E-state index is 12.8. The summed E-state index contributed by atoms with van der Waals surface area (Å²) in [5.41, 5.74) is 0.428. The molecule has 0 saturated heterocycles. The zero-order chi connectivity index (χ0) is 11.4. The van der Waals surface area contributed by atoms with Crippen LogP contribution in [0.5, 0.6) is 0 Å². The second-order valence-corrected chi connectivity index (χ2v) is 3.51. The maximum Gasteiger partial charge on any atom is 0.303 e. The third kappa shape index (κ3) is 3.47. The second kappa shape index (κ2) is 5.07. The van der Waals surface area contributed by atoms with Crippen LogP contribution in [0.2, 0.25) is 5.02 Å². The second-order valence-electron chi connectivity index (χ2n) is 3.11. The van der Waals surface area contributed by atoms with E-state index in [-0.39, 0.29) is 11.4 Å². The Balaban J connectivity index is 2.69. The minimum absolute atomic E-state index is 0.0185. The minimum atomic E-state index is -0.998. The summed E-state index contributed by atoms with van der Waals surface area (Å²) in [6, 6.07) is 1.90. The van der Waals surface area contributed by atoms with Crippen molar-refractivity contribution in [1.29, 1.82) is 0 Å². The van der Waals surface area contributed by atoms with Gasteiger partial charge in [-0.25, -0.2) is 8.78 Å². The summed E-state index contributed by atoms with van der Waals surface area (Å²) in [5, 5.41) is 8.52. The van der Waals surface area contributed by atoms with Gasteiger partial charge in [-0.1, -0.05) is 11.6 Å². The van der Waals surface area contributed by atoms with Gasteiger partial charge in [0, 0.05) is 11.4 Å². The molecule has 0 aliphatic heterocycles. The number of aliphatic carboxylic acids is 1. The zero-order valence-corrected chi connectivity index (χ0v) is 8.52. The van der Waals surface area contributed by atoms with Crippen molar-refractivity contribution in [2.24, 2.45) is 0 Å². The first-order chi connectivity index (χ1) is 7.00. The van der Waals surface area contributed by atoms with E-state index in [4.69, 9.17) is 16.7 Å². The van der Waals surface area contributed by atoms with E-state index < -0.39 is 17.6 Å². The Morgan fingerprint density at radius 3 is 2.53 bits per heavy atom. The van der Waals surface area contributed by atoms with Crippen LogP contribution in [0.1, 0.15) is 18.4 Å². The number of aryl methyl sites for hydroxylation is 1. The highest BCUT2D eigenvalue weighted by Crippen LogP contribution is 2.21. The van der Waals surface area contributed by atoms with Crippen LogP contribution in [0, 0.1) is 11.6 Å². The Bertz CT molecular complexity index is 380. The zero-order valence-electron chi connectivity index (χ0n) is 7.77. The SMILES string of the molecule is O=C(O)CCCc1cc(F)c(F)cc1Cl. The average Bonchev–Trinajstić information content (AvgIpc) is 2.13. The van der Waals surface area contributed by atoms with Gasteiger partial charge in [0.2, 0.25) is 0 Å². The summed E-state index contributed by atoms with van der Waals surface area (Å²) < 4.78 is 25.5. The van der Waals surface area contributed by atoms with Gasteiger partial charge in [-0.05, 0) is 30.5 Å². The van der Waals surface area contributed by atoms with E-state index in [1.54, 1.807) is 0 Å². The lowest BCUT2D eigenvalue weighted by Crippen LogP contribution is -1.97. The van der Waals surface area contributed by atoms with Crippen molar-refractivity contribution in [2.45, 2.75) is 19.3 Å². The predicted octanol–water partition coefficient (Wildman–Crippen LogP) is 3.03. The standard InChI is InChI=1S/C10H9ClF2O2/c11-7-5-9(13)8(12)4-6(7)2-1-3-10(14)15/h4-5H,1-3H2,(H,14,15). The average molecular weight is 235 g/mol. The van der Waals surface area contributed by atoms with Gasteiger partial charge in [0.05, 0.1) is 0 Å². The molecule has 0 amide bonds. The minimum Gasteiger partial charge on any atom is -0.481 e. The summed E-state index contributed by atoms with van der Waals surface area (Å²) >= 11 is 5.66. The topological polar surface area (TPSA) is 37.3 Å². The molecule has 0 aliphatic rings. The van der Waals surface area contributed by atoms with Crippen molar-refractivity contribution in [2.75, 3.05) is 0 Å². The number of carbonyl (C=O) groups is 1. The van der Waals surface area contributed by atoms with E-state index in [0.29, 0.717) is 18.4 Å². The van der Waals surface area contributed by atoms with Gasteiger partial charge in [-0.15, -0.1) is 0 Å². The summed E-state index contributed by atoms with van der Waals surface area (Å²) in [6.45, 7) is 0. The van der Waals surface area contributed by atoms with Crippen molar-refractivity contribution in [3.05, 3.63) is 34.4 Å². The van der Waals surface area contributed by atoms with Gasteiger partial charge in [-0.3, -0.25) is 4.79 Å². The van der Waals surface area contributed by atoms with Crippen molar-refractivity contribution in [3.8, 4) is 0 Å². The lowest BCUT2D eigenvalue weighted by molar-refractivity contribution is -0.137. The molecule has 15 heavy (non-hydrogen) atoms. The lowest BCUT2D eigenvalue weighted by atomic mass is 10.1. The molecule has 0 aliphatic carbocycles. The van der Waals surface area contributed by atoms with E-state index >= 15 is 0 Å². The van der Waals surface area contributed by atoms with Gasteiger partial charge in [0.15, 0.2) is 11.6 Å². The molecule has 5 heteroatoms. The van der Waals surface area contributed by atoms with E-state index in [0.717, 1.165) is 12.1 Å². The van der Waals surface area contributed by atoms with Gasteiger partial charge in [-0.2, -0.15) is 0 Å². The number of benzene rings is 1. The molecule has 1 N–H and O–H groups in total. The lowest BCUT2D eigenvalue weighted by Gasteiger charge is -2.03. The molecule has 0 radical (unpaired) electrons. The summed E-state index contributed by atoms with van der Waals surface area (Å²) in [5.74, 6) is -2.89. The molecule has 0 saturated carbocycles. The largest absolute Gasteiger partial charge is 0.481 e. The number of rotatable bonds is 4. The fourth-order valence-electron chi connectivity index (χ4n) is 1.19. The summed E-state index contributed by atoms with van der Waals surface area (Å²) in [7, 11) is 0. The first-order valence-corrected chi connectivity index (χ1v) is 4.73. The quantitative estimate of drug-likeness (QED) is 0.813. The maximum atomic E-state index is 12.8. The fourth-order valence-corrected chi connectivity index (χ4v) is 1.43. The Kier molecular flexibility index (Phi) is 4.03. The molecule has 82 valence electrons. The molecule has 0 heterocycles. The van der Waals surface area contributed by atoms with Crippen molar-refractivity contribution < 1.29 is 18.7 Å². The first kappa shape index (κ1) is 11.9. The van der Waals surface area contributed by atoms with Crippen molar-refractivity contribution >= 4 is 17.6 Å². The molecule has 0 unspecified atom stereocenters. The fraction of sp³-hybridized carbons (Fsp3) is 0.300. The Morgan fingerprint density at radius 2 is 1.93 bits per heavy atom. The highest BCUT2D eigenvalue weighted by atomic mass is 35.5. The van der Waals surface area contributed by atoms with Crippen LogP contribution in [-0.2, 0) is 11.2 Å². The van der Waals surface area contributed by atoms with Gasteiger partial charge in [0.1, 0.15) is 0 Å². The number of carboxylic acid groups (broad SMARTS) is 1. The molecular formula is C10H9ClF2O2. The van der Waals surface area contributed by atoms with E-state index in [1.165, 1.54) is 0 Å². The molecule has 1 aromatic carbocycles. The molecule has 0 fully saturated rings. The molecule has 0 atom stereocenters. The molecular weight excluding hydrogens is 226 g/mol. The molecule has 1 aromatic rings. The Hall–Kier alpha value is -1.16. The van der Waals surface area contributed by atoms with Crippen LogP contribution >= 0.6 is 11.6 Å². The van der Waals surface area contributed by atoms with E-state index in [1.807, 2.05) is 0 Å². The number of hydrogen-bond acceptors (Lipinski definition) is 1. The molecule has 0 bridgehead atoms. The van der Waals surface area contributed by atoms with Crippen LogP contribution < -0.4 is 0 Å². The number of carboxylic acids is 1. The van der Waals surface area contributed by atoms with Crippen LogP contribution in [0.25, 0.3) is 0 Å². The summed E-state index contributed by atoms with van der Waals surface area (Å²) in [6.07, 6.45) is 0.651. The van der Waals surface area contributed by atoms with Crippen molar-refractivity contribution in [1.82, 2.24) is 0 Å². The van der Waals surface area contributed by atoms with Crippen LogP contribution in [0.4, 0.5) is 8.78 Å². The smallest absolute Gasteiger partial charge is 0.303 e. The predicted molar refractivity (Wildman–Crippen MR) is 51.9 cm³/mol. The third-order valence-electron chi connectivity index (χ3n) is 1.93. The Labute approximate surface area is 90.5 Å². The van der Waals surface area contributed by atoms with Crippen LogP contribution in [0.3, 0.4) is 0 Å². The van der Waals surface area contributed by atoms with Gasteiger partial charge < -0.3 is 5.11 Å².